The minimum Gasteiger partial charge on any atom is -0.288 e. The van der Waals surface area contributed by atoms with E-state index in [1.165, 1.54) is 16.7 Å². The maximum absolute atomic E-state index is 4.48. The number of hydrogen-bond acceptors (Lipinski definition) is 1. The molecule has 0 bridgehead atoms. The van der Waals surface area contributed by atoms with Gasteiger partial charge in [0.2, 0.25) is 0 Å². The maximum atomic E-state index is 4.48. The SMILES string of the molecule is Cc1ccc(CN=Cc2ccccc2)c(C)c1. The second-order valence-electron chi connectivity index (χ2n) is 4.31. The van der Waals surface area contributed by atoms with Crippen LogP contribution in [0.3, 0.4) is 0 Å². The molecule has 1 heteroatoms. The Hall–Kier alpha value is -1.89. The molecule has 0 unspecified atom stereocenters. The van der Waals surface area contributed by atoms with Gasteiger partial charge >= 0.3 is 0 Å². The molecule has 0 N–H and O–H groups in total. The van der Waals surface area contributed by atoms with Crippen LogP contribution in [0.4, 0.5) is 0 Å². The van der Waals surface area contributed by atoms with E-state index in [1.54, 1.807) is 0 Å². The molecule has 2 aromatic rings. The molecule has 0 fully saturated rings. The second kappa shape index (κ2) is 5.44. The third-order valence-corrected chi connectivity index (χ3v) is 2.80. The summed E-state index contributed by atoms with van der Waals surface area (Å²) in [4.78, 5) is 4.48. The lowest BCUT2D eigenvalue weighted by atomic mass is 10.1. The van der Waals surface area contributed by atoms with Crippen molar-refractivity contribution in [1.82, 2.24) is 0 Å². The van der Waals surface area contributed by atoms with Crippen LogP contribution in [-0.2, 0) is 6.54 Å². The van der Waals surface area contributed by atoms with Crippen LogP contribution in [0, 0.1) is 13.8 Å². The van der Waals surface area contributed by atoms with E-state index in [9.17, 15) is 0 Å². The summed E-state index contributed by atoms with van der Waals surface area (Å²) >= 11 is 0. The van der Waals surface area contributed by atoms with Crippen LogP contribution in [0.15, 0.2) is 53.5 Å². The van der Waals surface area contributed by atoms with Gasteiger partial charge in [-0.15, -0.1) is 0 Å². The fourth-order valence-corrected chi connectivity index (χ4v) is 1.81. The average molecular weight is 223 g/mol. The lowest BCUT2D eigenvalue weighted by Crippen LogP contribution is -1.89. The molecule has 0 amide bonds. The number of nitrogens with zero attached hydrogens (tertiary/aromatic N) is 1. The van der Waals surface area contributed by atoms with Gasteiger partial charge in [0.15, 0.2) is 0 Å². The predicted molar refractivity (Wildman–Crippen MR) is 73.7 cm³/mol. The maximum Gasteiger partial charge on any atom is 0.0642 e. The van der Waals surface area contributed by atoms with Gasteiger partial charge in [-0.3, -0.25) is 4.99 Å². The van der Waals surface area contributed by atoms with E-state index in [4.69, 9.17) is 0 Å². The summed E-state index contributed by atoms with van der Waals surface area (Å²) in [5.74, 6) is 0. The van der Waals surface area contributed by atoms with Crippen molar-refractivity contribution < 1.29 is 0 Å². The van der Waals surface area contributed by atoms with Crippen molar-refractivity contribution in [3.8, 4) is 0 Å². The van der Waals surface area contributed by atoms with E-state index in [0.29, 0.717) is 0 Å². The molecule has 0 saturated heterocycles. The summed E-state index contributed by atoms with van der Waals surface area (Å²) in [7, 11) is 0. The van der Waals surface area contributed by atoms with Gasteiger partial charge in [0, 0.05) is 6.21 Å². The molecular weight excluding hydrogens is 206 g/mol. The molecule has 0 aliphatic carbocycles. The molecule has 0 saturated carbocycles. The molecule has 2 aromatic carbocycles. The summed E-state index contributed by atoms with van der Waals surface area (Å²) in [6.07, 6.45) is 1.93. The minimum atomic E-state index is 0.751. The highest BCUT2D eigenvalue weighted by molar-refractivity contribution is 5.79. The van der Waals surface area contributed by atoms with Crippen molar-refractivity contribution in [2.24, 2.45) is 4.99 Å². The smallest absolute Gasteiger partial charge is 0.0642 e. The number of rotatable bonds is 3. The topological polar surface area (TPSA) is 12.4 Å². The van der Waals surface area contributed by atoms with E-state index in [1.807, 2.05) is 24.4 Å². The Bertz CT molecular complexity index is 512. The van der Waals surface area contributed by atoms with E-state index in [2.05, 4.69) is 49.2 Å². The monoisotopic (exact) mass is 223 g/mol. The number of aliphatic imine (C=N–C) groups is 1. The first kappa shape index (κ1) is 11.6. The van der Waals surface area contributed by atoms with Crippen molar-refractivity contribution >= 4 is 6.21 Å². The van der Waals surface area contributed by atoms with Crippen LogP contribution in [0.5, 0.6) is 0 Å². The van der Waals surface area contributed by atoms with Crippen LogP contribution >= 0.6 is 0 Å². The molecule has 86 valence electrons. The van der Waals surface area contributed by atoms with Crippen LogP contribution in [-0.4, -0.2) is 6.21 Å². The first-order valence-corrected chi connectivity index (χ1v) is 5.87. The first-order valence-electron chi connectivity index (χ1n) is 5.87. The Morgan fingerprint density at radius 1 is 1.00 bits per heavy atom. The summed E-state index contributed by atoms with van der Waals surface area (Å²) < 4.78 is 0. The molecule has 0 radical (unpaired) electrons. The number of hydrogen-bond donors (Lipinski definition) is 0. The lowest BCUT2D eigenvalue weighted by molar-refractivity contribution is 1.05. The molecule has 0 atom stereocenters. The highest BCUT2D eigenvalue weighted by atomic mass is 14.7. The van der Waals surface area contributed by atoms with E-state index < -0.39 is 0 Å². The van der Waals surface area contributed by atoms with E-state index in [0.717, 1.165) is 12.1 Å². The number of aryl methyl sites for hydroxylation is 2. The third kappa shape index (κ3) is 3.28. The molecule has 0 aliphatic heterocycles. The molecule has 0 heterocycles. The molecule has 0 aromatic heterocycles. The Labute approximate surface area is 103 Å². The van der Waals surface area contributed by atoms with Crippen LogP contribution in [0.1, 0.15) is 22.3 Å². The first-order chi connectivity index (χ1) is 8.25. The summed E-state index contributed by atoms with van der Waals surface area (Å²) in [5, 5.41) is 0. The van der Waals surface area contributed by atoms with Crippen molar-refractivity contribution in [2.45, 2.75) is 20.4 Å². The normalized spacial score (nSPS) is 10.9. The van der Waals surface area contributed by atoms with Gasteiger partial charge in [0.25, 0.3) is 0 Å². The second-order valence-corrected chi connectivity index (χ2v) is 4.31. The van der Waals surface area contributed by atoms with Crippen LogP contribution in [0.25, 0.3) is 0 Å². The zero-order chi connectivity index (χ0) is 12.1. The van der Waals surface area contributed by atoms with Gasteiger partial charge in [0.1, 0.15) is 0 Å². The molecule has 17 heavy (non-hydrogen) atoms. The average Bonchev–Trinajstić information content (AvgIpc) is 2.33. The minimum absolute atomic E-state index is 0.751. The molecule has 0 spiro atoms. The quantitative estimate of drug-likeness (QED) is 0.699. The zero-order valence-electron chi connectivity index (χ0n) is 10.4. The lowest BCUT2D eigenvalue weighted by Gasteiger charge is -2.03. The van der Waals surface area contributed by atoms with Gasteiger partial charge in [-0.05, 0) is 30.5 Å². The Morgan fingerprint density at radius 3 is 2.47 bits per heavy atom. The fourth-order valence-electron chi connectivity index (χ4n) is 1.81. The van der Waals surface area contributed by atoms with Crippen LogP contribution < -0.4 is 0 Å². The van der Waals surface area contributed by atoms with Crippen molar-refractivity contribution in [1.29, 1.82) is 0 Å². The van der Waals surface area contributed by atoms with E-state index >= 15 is 0 Å². The van der Waals surface area contributed by atoms with Crippen molar-refractivity contribution in [3.63, 3.8) is 0 Å². The van der Waals surface area contributed by atoms with Gasteiger partial charge in [0.05, 0.1) is 6.54 Å². The predicted octanol–water partition coefficient (Wildman–Crippen LogP) is 3.92. The Morgan fingerprint density at radius 2 is 1.76 bits per heavy atom. The van der Waals surface area contributed by atoms with Crippen LogP contribution in [0.2, 0.25) is 0 Å². The van der Waals surface area contributed by atoms with Gasteiger partial charge < -0.3 is 0 Å². The fraction of sp³-hybridized carbons (Fsp3) is 0.188. The van der Waals surface area contributed by atoms with Gasteiger partial charge in [-0.2, -0.15) is 0 Å². The van der Waals surface area contributed by atoms with E-state index in [-0.39, 0.29) is 0 Å². The molecular formula is C16H17N. The summed E-state index contributed by atoms with van der Waals surface area (Å²) in [5.41, 5.74) is 5.06. The van der Waals surface area contributed by atoms with Gasteiger partial charge in [-0.25, -0.2) is 0 Å². The van der Waals surface area contributed by atoms with Crippen molar-refractivity contribution in [2.75, 3.05) is 0 Å². The molecule has 1 nitrogen and oxygen atoms in total. The zero-order valence-corrected chi connectivity index (χ0v) is 10.4. The number of benzene rings is 2. The van der Waals surface area contributed by atoms with Crippen molar-refractivity contribution in [3.05, 3.63) is 70.8 Å². The summed E-state index contributed by atoms with van der Waals surface area (Å²) in [6.45, 7) is 5.01. The standard InChI is InChI=1S/C16H17N/c1-13-8-9-16(14(2)10-13)12-17-11-15-6-4-3-5-7-15/h3-11H,12H2,1-2H3. The highest BCUT2D eigenvalue weighted by Gasteiger charge is 1.96. The Balaban J connectivity index is 2.05. The summed E-state index contributed by atoms with van der Waals surface area (Å²) in [6, 6.07) is 16.7. The largest absolute Gasteiger partial charge is 0.288 e. The highest BCUT2D eigenvalue weighted by Crippen LogP contribution is 2.11. The molecule has 2 rings (SSSR count). The Kier molecular flexibility index (Phi) is 3.71. The van der Waals surface area contributed by atoms with Gasteiger partial charge in [-0.1, -0.05) is 54.1 Å². The molecule has 0 aliphatic rings. The third-order valence-electron chi connectivity index (χ3n) is 2.80.